The number of benzene rings is 1. The number of hydrogen-bond donors (Lipinski definition) is 0. The lowest BCUT2D eigenvalue weighted by atomic mass is 10.1. The van der Waals surface area contributed by atoms with Gasteiger partial charge >= 0.3 is 11.6 Å². The third-order valence-corrected chi connectivity index (χ3v) is 3.24. The third-order valence-electron chi connectivity index (χ3n) is 3.24. The first-order valence-corrected chi connectivity index (χ1v) is 7.41. The van der Waals surface area contributed by atoms with E-state index in [1.807, 2.05) is 26.8 Å². The molecule has 0 N–H and O–H groups in total. The van der Waals surface area contributed by atoms with Gasteiger partial charge in [-0.05, 0) is 44.9 Å². The molecule has 1 aromatic heterocycles. The lowest BCUT2D eigenvalue weighted by Crippen LogP contribution is -2.09. The molecule has 2 aromatic rings. The van der Waals surface area contributed by atoms with Crippen LogP contribution in [-0.2, 0) is 11.2 Å². The van der Waals surface area contributed by atoms with Crippen LogP contribution in [0.2, 0.25) is 0 Å². The second-order valence-corrected chi connectivity index (χ2v) is 5.42. The summed E-state index contributed by atoms with van der Waals surface area (Å²) in [7, 11) is 0. The van der Waals surface area contributed by atoms with Crippen LogP contribution in [0.4, 0.5) is 0 Å². The van der Waals surface area contributed by atoms with Gasteiger partial charge in [0.1, 0.15) is 11.3 Å². The van der Waals surface area contributed by atoms with E-state index in [1.54, 1.807) is 18.2 Å². The maximum absolute atomic E-state index is 11.8. The zero-order valence-corrected chi connectivity index (χ0v) is 13.1. The number of carbonyl (C=O) groups is 1. The average Bonchev–Trinajstić information content (AvgIpc) is 2.46. The molecule has 0 radical (unpaired) electrons. The predicted molar refractivity (Wildman–Crippen MR) is 86.2 cm³/mol. The standard InChI is InChI=1S/C18H20O4/c1-4-5-16(19)21-15-10-7-13-8-11-17(20)22-18(13)14(15)9-6-12(2)3/h6-8,10-11H,4-5,9H2,1-3H3. The van der Waals surface area contributed by atoms with Gasteiger partial charge in [0, 0.05) is 23.4 Å². The molecular formula is C18H20O4. The summed E-state index contributed by atoms with van der Waals surface area (Å²) in [4.78, 5) is 23.3. The maximum atomic E-state index is 11.8. The number of fused-ring (bicyclic) bond motifs is 1. The molecule has 0 aliphatic rings. The van der Waals surface area contributed by atoms with Gasteiger partial charge in [0.2, 0.25) is 0 Å². The quantitative estimate of drug-likeness (QED) is 0.362. The van der Waals surface area contributed by atoms with Gasteiger partial charge in [0.25, 0.3) is 0 Å². The highest BCUT2D eigenvalue weighted by Gasteiger charge is 2.13. The van der Waals surface area contributed by atoms with Gasteiger partial charge in [-0.2, -0.15) is 0 Å². The van der Waals surface area contributed by atoms with Gasteiger partial charge in [-0.1, -0.05) is 18.6 Å². The van der Waals surface area contributed by atoms with Gasteiger partial charge in [0.15, 0.2) is 0 Å². The van der Waals surface area contributed by atoms with Crippen LogP contribution < -0.4 is 10.4 Å². The molecule has 0 aliphatic heterocycles. The van der Waals surface area contributed by atoms with Crippen LogP contribution in [0.1, 0.15) is 39.2 Å². The summed E-state index contributed by atoms with van der Waals surface area (Å²) in [5.74, 6) is 0.177. The van der Waals surface area contributed by atoms with Crippen LogP contribution in [0.25, 0.3) is 11.0 Å². The summed E-state index contributed by atoms with van der Waals surface area (Å²) in [5.41, 5.74) is 1.93. The predicted octanol–water partition coefficient (Wildman–Crippen LogP) is 4.01. The molecule has 0 bridgehead atoms. The van der Waals surface area contributed by atoms with E-state index in [0.717, 1.165) is 22.9 Å². The van der Waals surface area contributed by atoms with Gasteiger partial charge in [-0.25, -0.2) is 4.79 Å². The van der Waals surface area contributed by atoms with Crippen molar-refractivity contribution in [2.45, 2.75) is 40.0 Å². The lowest BCUT2D eigenvalue weighted by Gasteiger charge is -2.11. The molecule has 0 amide bonds. The third kappa shape index (κ3) is 3.85. The fourth-order valence-corrected chi connectivity index (χ4v) is 2.14. The molecule has 0 atom stereocenters. The van der Waals surface area contributed by atoms with E-state index in [0.29, 0.717) is 24.2 Å². The summed E-state index contributed by atoms with van der Waals surface area (Å²) in [6.07, 6.45) is 3.64. The molecule has 0 unspecified atom stereocenters. The van der Waals surface area contributed by atoms with E-state index in [9.17, 15) is 9.59 Å². The Labute approximate surface area is 129 Å². The smallest absolute Gasteiger partial charge is 0.336 e. The van der Waals surface area contributed by atoms with Crippen molar-refractivity contribution < 1.29 is 13.9 Å². The van der Waals surface area contributed by atoms with Crippen molar-refractivity contribution >= 4 is 16.9 Å². The Balaban J connectivity index is 2.54. The molecule has 4 nitrogen and oxygen atoms in total. The van der Waals surface area contributed by atoms with E-state index in [1.165, 1.54) is 6.07 Å². The first-order chi connectivity index (χ1) is 10.5. The summed E-state index contributed by atoms with van der Waals surface area (Å²) in [5, 5.41) is 0.812. The minimum absolute atomic E-state index is 0.279. The van der Waals surface area contributed by atoms with Crippen molar-refractivity contribution in [3.63, 3.8) is 0 Å². The molecule has 0 spiro atoms. The maximum Gasteiger partial charge on any atom is 0.336 e. The first-order valence-electron chi connectivity index (χ1n) is 7.41. The Morgan fingerprint density at radius 1 is 1.23 bits per heavy atom. The van der Waals surface area contributed by atoms with Crippen molar-refractivity contribution in [3.8, 4) is 5.75 Å². The van der Waals surface area contributed by atoms with Crippen molar-refractivity contribution in [1.82, 2.24) is 0 Å². The monoisotopic (exact) mass is 300 g/mol. The topological polar surface area (TPSA) is 56.5 Å². The van der Waals surface area contributed by atoms with Crippen LogP contribution in [0.5, 0.6) is 5.75 Å². The molecule has 0 saturated heterocycles. The summed E-state index contributed by atoms with van der Waals surface area (Å²) >= 11 is 0. The Morgan fingerprint density at radius 3 is 2.64 bits per heavy atom. The van der Waals surface area contributed by atoms with Gasteiger partial charge < -0.3 is 9.15 Å². The highest BCUT2D eigenvalue weighted by Crippen LogP contribution is 2.28. The molecule has 0 fully saturated rings. The zero-order valence-electron chi connectivity index (χ0n) is 13.1. The summed E-state index contributed by atoms with van der Waals surface area (Å²) in [6, 6.07) is 6.64. The molecule has 2 rings (SSSR count). The number of allylic oxidation sites excluding steroid dienone is 2. The first kappa shape index (κ1) is 16.0. The van der Waals surface area contributed by atoms with Crippen LogP contribution in [-0.4, -0.2) is 5.97 Å². The summed E-state index contributed by atoms with van der Waals surface area (Å²) < 4.78 is 10.8. The fraction of sp³-hybridized carbons (Fsp3) is 0.333. The zero-order chi connectivity index (χ0) is 16.1. The molecule has 4 heteroatoms. The Kier molecular flexibility index (Phi) is 5.15. The highest BCUT2D eigenvalue weighted by molar-refractivity contribution is 5.84. The molecule has 0 aliphatic carbocycles. The molecule has 116 valence electrons. The Hall–Kier alpha value is -2.36. The van der Waals surface area contributed by atoms with Crippen molar-refractivity contribution in [3.05, 3.63) is 51.9 Å². The number of esters is 1. The number of ether oxygens (including phenoxy) is 1. The molecule has 22 heavy (non-hydrogen) atoms. The van der Waals surface area contributed by atoms with Crippen LogP contribution in [0, 0.1) is 0 Å². The summed E-state index contributed by atoms with van der Waals surface area (Å²) in [6.45, 7) is 5.90. The van der Waals surface area contributed by atoms with Crippen LogP contribution in [0.3, 0.4) is 0 Å². The largest absolute Gasteiger partial charge is 0.426 e. The normalized spacial score (nSPS) is 10.5. The Morgan fingerprint density at radius 2 is 1.95 bits per heavy atom. The van der Waals surface area contributed by atoms with Crippen molar-refractivity contribution in [2.24, 2.45) is 0 Å². The molecule has 0 saturated carbocycles. The van der Waals surface area contributed by atoms with Gasteiger partial charge in [-0.3, -0.25) is 4.79 Å². The van der Waals surface area contributed by atoms with Gasteiger partial charge in [0.05, 0.1) is 0 Å². The van der Waals surface area contributed by atoms with Crippen LogP contribution in [0.15, 0.2) is 45.1 Å². The molecular weight excluding hydrogens is 280 g/mol. The minimum atomic E-state index is -0.414. The van der Waals surface area contributed by atoms with Crippen molar-refractivity contribution in [2.75, 3.05) is 0 Å². The van der Waals surface area contributed by atoms with E-state index in [-0.39, 0.29) is 5.97 Å². The number of hydrogen-bond acceptors (Lipinski definition) is 4. The van der Waals surface area contributed by atoms with E-state index in [2.05, 4.69) is 0 Å². The second-order valence-electron chi connectivity index (χ2n) is 5.42. The molecule has 1 heterocycles. The Bertz CT molecular complexity index is 764. The average molecular weight is 300 g/mol. The number of carbonyl (C=O) groups excluding carboxylic acids is 1. The second kappa shape index (κ2) is 7.07. The fourth-order valence-electron chi connectivity index (χ4n) is 2.14. The SMILES string of the molecule is CCCC(=O)Oc1ccc2ccc(=O)oc2c1CC=C(C)C. The van der Waals surface area contributed by atoms with Crippen LogP contribution >= 0.6 is 0 Å². The lowest BCUT2D eigenvalue weighted by molar-refractivity contribution is -0.134. The van der Waals surface area contributed by atoms with E-state index in [4.69, 9.17) is 9.15 Å². The molecule has 1 aromatic carbocycles. The van der Waals surface area contributed by atoms with Gasteiger partial charge in [-0.15, -0.1) is 0 Å². The number of rotatable bonds is 5. The highest BCUT2D eigenvalue weighted by atomic mass is 16.5. The van der Waals surface area contributed by atoms with E-state index >= 15 is 0 Å². The van der Waals surface area contributed by atoms with E-state index < -0.39 is 5.63 Å². The van der Waals surface area contributed by atoms with Crippen molar-refractivity contribution in [1.29, 1.82) is 0 Å². The minimum Gasteiger partial charge on any atom is -0.426 e.